The van der Waals surface area contributed by atoms with Crippen LogP contribution in [0.5, 0.6) is 0 Å². The van der Waals surface area contributed by atoms with Crippen LogP contribution >= 0.6 is 12.4 Å². The minimum atomic E-state index is -4.46. The summed E-state index contributed by atoms with van der Waals surface area (Å²) in [7, 11) is -4.46. The van der Waals surface area contributed by atoms with E-state index < -0.39 is 22.3 Å². The van der Waals surface area contributed by atoms with Crippen molar-refractivity contribution in [3.63, 3.8) is 0 Å². The lowest BCUT2D eigenvalue weighted by atomic mass is 9.99. The summed E-state index contributed by atoms with van der Waals surface area (Å²) in [6.07, 6.45) is 0.847. The number of hydrogen-bond donors (Lipinski definition) is 2. The van der Waals surface area contributed by atoms with Gasteiger partial charge in [-0.25, -0.2) is 18.3 Å². The quantitative estimate of drug-likeness (QED) is 0.438. The van der Waals surface area contributed by atoms with Crippen LogP contribution in [-0.2, 0) is 32.9 Å². The molecule has 1 aliphatic rings. The Morgan fingerprint density at radius 1 is 0.943 bits per heavy atom. The fraction of sp³-hybridized carbons (Fsp3) is 0.250. The molecule has 1 saturated heterocycles. The fourth-order valence-electron chi connectivity index (χ4n) is 3.78. The fourth-order valence-corrected chi connectivity index (χ4v) is 4.79. The maximum Gasteiger partial charge on any atom is 0.422 e. The van der Waals surface area contributed by atoms with Gasteiger partial charge in [0.2, 0.25) is 0 Å². The number of nitrogens with zero attached hydrogens (tertiary/aromatic N) is 1. The SMILES string of the molecule is Cl.O=C(NS(=O)(=O)n1ccc(C2CCNC2)c1C(=O)OCc1ccccc1)OCc1ccccc1. The summed E-state index contributed by atoms with van der Waals surface area (Å²) >= 11 is 0. The van der Waals surface area contributed by atoms with Crippen LogP contribution in [0.1, 0.15) is 39.5 Å². The molecule has 9 nitrogen and oxygen atoms in total. The largest absolute Gasteiger partial charge is 0.456 e. The van der Waals surface area contributed by atoms with Crippen molar-refractivity contribution in [2.75, 3.05) is 13.1 Å². The summed E-state index contributed by atoms with van der Waals surface area (Å²) in [5.41, 5.74) is 1.89. The Kier molecular flexibility index (Phi) is 8.91. The number of ether oxygens (including phenoxy) is 2. The molecular weight excluding hydrogens is 494 g/mol. The van der Waals surface area contributed by atoms with Crippen LogP contribution in [0.4, 0.5) is 4.79 Å². The van der Waals surface area contributed by atoms with E-state index in [1.54, 1.807) is 42.5 Å². The highest BCUT2D eigenvalue weighted by Crippen LogP contribution is 2.28. The van der Waals surface area contributed by atoms with Crippen LogP contribution in [0.3, 0.4) is 0 Å². The molecule has 0 aliphatic carbocycles. The molecule has 1 amide bonds. The first-order chi connectivity index (χ1) is 16.4. The highest BCUT2D eigenvalue weighted by Gasteiger charge is 2.31. The number of amides is 1. The number of carbonyl (C=O) groups is 2. The Morgan fingerprint density at radius 3 is 2.11 bits per heavy atom. The number of halogens is 1. The third kappa shape index (κ3) is 6.62. The maximum atomic E-state index is 13.0. The van der Waals surface area contributed by atoms with Gasteiger partial charge in [-0.2, -0.15) is 8.42 Å². The van der Waals surface area contributed by atoms with E-state index in [-0.39, 0.29) is 37.2 Å². The second-order valence-corrected chi connectivity index (χ2v) is 9.38. The van der Waals surface area contributed by atoms with Gasteiger partial charge in [0.25, 0.3) is 0 Å². The molecule has 4 rings (SSSR count). The summed E-state index contributed by atoms with van der Waals surface area (Å²) in [6, 6.07) is 19.5. The normalized spacial score (nSPS) is 15.1. The molecule has 1 aromatic heterocycles. The van der Waals surface area contributed by atoms with Gasteiger partial charge in [-0.3, -0.25) is 0 Å². The highest BCUT2D eigenvalue weighted by atomic mass is 35.5. The first-order valence-corrected chi connectivity index (χ1v) is 12.2. The number of carbonyl (C=O) groups excluding carboxylic acids is 2. The second kappa shape index (κ2) is 11.9. The van der Waals surface area contributed by atoms with E-state index in [1.165, 1.54) is 6.20 Å². The van der Waals surface area contributed by atoms with Crippen LogP contribution in [-0.4, -0.2) is 37.5 Å². The van der Waals surface area contributed by atoms with Gasteiger partial charge in [-0.05, 0) is 41.6 Å². The average Bonchev–Trinajstić information content (AvgIpc) is 3.53. The zero-order chi connectivity index (χ0) is 24.0. The van der Waals surface area contributed by atoms with Crippen LogP contribution in [0.15, 0.2) is 72.9 Å². The van der Waals surface area contributed by atoms with Gasteiger partial charge < -0.3 is 14.8 Å². The maximum absolute atomic E-state index is 13.0. The summed E-state index contributed by atoms with van der Waals surface area (Å²) in [5, 5.41) is 3.21. The van der Waals surface area contributed by atoms with Gasteiger partial charge in [-0.15, -0.1) is 12.4 Å². The molecule has 11 heteroatoms. The molecule has 2 N–H and O–H groups in total. The Balaban J connectivity index is 0.00000342. The number of aromatic nitrogens is 1. The van der Waals surface area contributed by atoms with Crippen molar-refractivity contribution in [1.29, 1.82) is 0 Å². The number of nitrogens with one attached hydrogen (secondary N) is 2. The molecule has 186 valence electrons. The minimum absolute atomic E-state index is 0. The van der Waals surface area contributed by atoms with E-state index in [2.05, 4.69) is 5.32 Å². The Labute approximate surface area is 210 Å². The van der Waals surface area contributed by atoms with Crippen LogP contribution in [0.2, 0.25) is 0 Å². The van der Waals surface area contributed by atoms with E-state index in [4.69, 9.17) is 9.47 Å². The van der Waals surface area contributed by atoms with E-state index in [9.17, 15) is 18.0 Å². The van der Waals surface area contributed by atoms with Gasteiger partial charge in [0.1, 0.15) is 18.9 Å². The van der Waals surface area contributed by atoms with Crippen molar-refractivity contribution >= 4 is 34.7 Å². The summed E-state index contributed by atoms with van der Waals surface area (Å²) in [5.74, 6) is -0.848. The molecule has 0 bridgehead atoms. The molecule has 0 spiro atoms. The smallest absolute Gasteiger partial charge is 0.422 e. The van der Waals surface area contributed by atoms with E-state index in [0.717, 1.165) is 22.5 Å². The molecule has 2 heterocycles. The third-order valence-electron chi connectivity index (χ3n) is 5.47. The van der Waals surface area contributed by atoms with Crippen LogP contribution in [0, 0.1) is 0 Å². The highest BCUT2D eigenvalue weighted by molar-refractivity contribution is 7.88. The monoisotopic (exact) mass is 519 g/mol. The molecule has 1 atom stereocenters. The molecule has 1 unspecified atom stereocenters. The molecule has 3 aromatic rings. The predicted octanol–water partition coefficient (Wildman–Crippen LogP) is 3.36. The van der Waals surface area contributed by atoms with Crippen LogP contribution in [0.25, 0.3) is 0 Å². The molecule has 35 heavy (non-hydrogen) atoms. The number of benzene rings is 2. The third-order valence-corrected chi connectivity index (χ3v) is 6.72. The number of rotatable bonds is 8. The van der Waals surface area contributed by atoms with Crippen molar-refractivity contribution < 1.29 is 27.5 Å². The van der Waals surface area contributed by atoms with Crippen molar-refractivity contribution in [2.45, 2.75) is 25.6 Å². The second-order valence-electron chi connectivity index (χ2n) is 7.84. The number of hydrogen-bond acceptors (Lipinski definition) is 7. The first kappa shape index (κ1) is 26.3. The van der Waals surface area contributed by atoms with Gasteiger partial charge in [-0.1, -0.05) is 60.7 Å². The van der Waals surface area contributed by atoms with Gasteiger partial charge in [0.05, 0.1) is 0 Å². The van der Waals surface area contributed by atoms with Crippen molar-refractivity contribution in [3.8, 4) is 0 Å². The first-order valence-electron chi connectivity index (χ1n) is 10.8. The van der Waals surface area contributed by atoms with Crippen molar-refractivity contribution in [2.24, 2.45) is 0 Å². The Hall–Kier alpha value is -3.34. The lowest BCUT2D eigenvalue weighted by molar-refractivity contribution is 0.0462. The van der Waals surface area contributed by atoms with E-state index >= 15 is 0 Å². The molecule has 0 radical (unpaired) electrons. The van der Waals surface area contributed by atoms with E-state index in [1.807, 2.05) is 29.0 Å². The zero-order valence-electron chi connectivity index (χ0n) is 18.8. The average molecular weight is 520 g/mol. The van der Waals surface area contributed by atoms with E-state index in [0.29, 0.717) is 17.7 Å². The molecule has 2 aromatic carbocycles. The number of esters is 1. The lowest BCUT2D eigenvalue weighted by Crippen LogP contribution is -2.37. The van der Waals surface area contributed by atoms with Crippen molar-refractivity contribution in [1.82, 2.24) is 14.0 Å². The lowest BCUT2D eigenvalue weighted by Gasteiger charge is -2.15. The Morgan fingerprint density at radius 2 is 1.54 bits per heavy atom. The summed E-state index contributed by atoms with van der Waals surface area (Å²) in [6.45, 7) is 1.25. The predicted molar refractivity (Wildman–Crippen MR) is 132 cm³/mol. The zero-order valence-corrected chi connectivity index (χ0v) is 20.4. The molecule has 1 aliphatic heterocycles. The van der Waals surface area contributed by atoms with Gasteiger partial charge in [0, 0.05) is 12.7 Å². The van der Waals surface area contributed by atoms with Crippen molar-refractivity contribution in [3.05, 3.63) is 95.3 Å². The van der Waals surface area contributed by atoms with Crippen LogP contribution < -0.4 is 10.0 Å². The summed E-state index contributed by atoms with van der Waals surface area (Å²) < 4.78 is 39.1. The molecule has 1 fully saturated rings. The Bertz CT molecular complexity index is 1240. The van der Waals surface area contributed by atoms with Gasteiger partial charge in [0.15, 0.2) is 0 Å². The molecular formula is C24H26ClN3O6S. The molecule has 0 saturated carbocycles. The topological polar surface area (TPSA) is 116 Å². The van der Waals surface area contributed by atoms with Gasteiger partial charge >= 0.3 is 22.3 Å². The summed E-state index contributed by atoms with van der Waals surface area (Å²) in [4.78, 5) is 25.3. The standard InChI is InChI=1S/C24H25N3O6S.ClH/c28-23(32-16-18-7-3-1-4-8-18)22-21(20-11-13-25-15-20)12-14-27(22)34(30,31)26-24(29)33-17-19-9-5-2-6-10-19;/h1-10,12,14,20,25H,11,13,15-17H2,(H,26,29);1H. The minimum Gasteiger partial charge on any atom is -0.456 e.